The Hall–Kier alpha value is -0.120. The van der Waals surface area contributed by atoms with Gasteiger partial charge in [0.15, 0.2) is 0 Å². The van der Waals surface area contributed by atoms with Crippen molar-refractivity contribution in [2.45, 2.75) is 20.8 Å². The van der Waals surface area contributed by atoms with E-state index in [1.54, 1.807) is 7.11 Å². The molecule has 3 heteroatoms. The highest BCUT2D eigenvalue weighted by atomic mass is 16.5. The largest absolute Gasteiger partial charge is 0.383 e. The zero-order valence-electron chi connectivity index (χ0n) is 10.0. The number of rotatable bonds is 9. The number of methoxy groups -OCH3 is 1. The quantitative estimate of drug-likeness (QED) is 0.576. The first-order valence-electron chi connectivity index (χ1n) is 5.49. The van der Waals surface area contributed by atoms with Gasteiger partial charge < -0.3 is 14.8 Å². The second kappa shape index (κ2) is 9.44. The van der Waals surface area contributed by atoms with E-state index in [0.29, 0.717) is 11.8 Å². The minimum Gasteiger partial charge on any atom is -0.383 e. The van der Waals surface area contributed by atoms with Crippen LogP contribution in [-0.2, 0) is 9.47 Å². The van der Waals surface area contributed by atoms with Gasteiger partial charge in [0.1, 0.15) is 0 Å². The third-order valence-electron chi connectivity index (χ3n) is 2.37. The molecular formula is C11H25NO2. The van der Waals surface area contributed by atoms with Gasteiger partial charge in [-0.3, -0.25) is 0 Å². The van der Waals surface area contributed by atoms with Crippen molar-refractivity contribution in [1.29, 1.82) is 0 Å². The van der Waals surface area contributed by atoms with E-state index < -0.39 is 0 Å². The van der Waals surface area contributed by atoms with E-state index in [1.165, 1.54) is 0 Å². The lowest BCUT2D eigenvalue weighted by atomic mass is 9.97. The molecule has 0 rings (SSSR count). The van der Waals surface area contributed by atoms with Crippen molar-refractivity contribution < 1.29 is 9.47 Å². The van der Waals surface area contributed by atoms with E-state index in [4.69, 9.17) is 9.47 Å². The maximum absolute atomic E-state index is 5.44. The smallest absolute Gasteiger partial charge is 0.0587 e. The van der Waals surface area contributed by atoms with Crippen LogP contribution < -0.4 is 5.32 Å². The molecule has 0 aromatic heterocycles. The molecule has 1 unspecified atom stereocenters. The summed E-state index contributed by atoms with van der Waals surface area (Å²) in [7, 11) is 1.72. The molecule has 0 aliphatic rings. The molecule has 3 nitrogen and oxygen atoms in total. The topological polar surface area (TPSA) is 30.5 Å². The van der Waals surface area contributed by atoms with Crippen LogP contribution in [0.4, 0.5) is 0 Å². The van der Waals surface area contributed by atoms with Gasteiger partial charge in [-0.25, -0.2) is 0 Å². The number of ether oxygens (including phenoxy) is 2. The van der Waals surface area contributed by atoms with E-state index in [0.717, 1.165) is 32.9 Å². The minimum atomic E-state index is 0.604. The van der Waals surface area contributed by atoms with E-state index in [2.05, 4.69) is 19.2 Å². The van der Waals surface area contributed by atoms with Crippen LogP contribution in [0.2, 0.25) is 0 Å². The summed E-state index contributed by atoms with van der Waals surface area (Å²) in [5, 5.41) is 3.37. The van der Waals surface area contributed by atoms with E-state index in [1.807, 2.05) is 6.92 Å². The minimum absolute atomic E-state index is 0.604. The molecule has 0 fully saturated rings. The zero-order valence-corrected chi connectivity index (χ0v) is 10.0. The van der Waals surface area contributed by atoms with E-state index in [-0.39, 0.29) is 0 Å². The van der Waals surface area contributed by atoms with Crippen molar-refractivity contribution in [2.75, 3.05) is 40.0 Å². The summed E-state index contributed by atoms with van der Waals surface area (Å²) < 4.78 is 10.4. The van der Waals surface area contributed by atoms with Gasteiger partial charge in [-0.2, -0.15) is 0 Å². The van der Waals surface area contributed by atoms with Crippen molar-refractivity contribution in [3.05, 3.63) is 0 Å². The lowest BCUT2D eigenvalue weighted by Gasteiger charge is -2.20. The predicted octanol–water partition coefficient (Wildman–Crippen LogP) is 1.53. The third-order valence-corrected chi connectivity index (χ3v) is 2.37. The average molecular weight is 203 g/mol. The third kappa shape index (κ3) is 7.30. The fourth-order valence-corrected chi connectivity index (χ4v) is 1.22. The number of nitrogens with one attached hydrogen (secondary N) is 1. The lowest BCUT2D eigenvalue weighted by Crippen LogP contribution is -2.31. The van der Waals surface area contributed by atoms with E-state index in [9.17, 15) is 0 Å². The molecule has 1 N–H and O–H groups in total. The second-order valence-electron chi connectivity index (χ2n) is 3.86. The second-order valence-corrected chi connectivity index (χ2v) is 3.86. The van der Waals surface area contributed by atoms with Crippen LogP contribution >= 0.6 is 0 Å². The Labute approximate surface area is 88.2 Å². The van der Waals surface area contributed by atoms with Gasteiger partial charge in [-0.1, -0.05) is 13.8 Å². The number of hydrogen-bond donors (Lipinski definition) is 1. The average Bonchev–Trinajstić information content (AvgIpc) is 2.16. The zero-order chi connectivity index (χ0) is 10.8. The summed E-state index contributed by atoms with van der Waals surface area (Å²) in [5.41, 5.74) is 0. The highest BCUT2D eigenvalue weighted by molar-refractivity contribution is 4.65. The van der Waals surface area contributed by atoms with E-state index >= 15 is 0 Å². The Bertz CT molecular complexity index is 118. The van der Waals surface area contributed by atoms with Crippen LogP contribution in [0.1, 0.15) is 20.8 Å². The first-order chi connectivity index (χ1) is 6.72. The molecule has 0 radical (unpaired) electrons. The molecule has 86 valence electrons. The standard InChI is InChI=1S/C11H25NO2/c1-5-14-9-11(10(2)3)8-12-6-7-13-4/h10-12H,5-9H2,1-4H3. The van der Waals surface area contributed by atoms with Gasteiger partial charge in [0.05, 0.1) is 13.2 Å². The normalized spacial score (nSPS) is 13.5. The monoisotopic (exact) mass is 203 g/mol. The molecule has 0 aliphatic heterocycles. The van der Waals surface area contributed by atoms with Gasteiger partial charge >= 0.3 is 0 Å². The van der Waals surface area contributed by atoms with Gasteiger partial charge in [0, 0.05) is 26.8 Å². The van der Waals surface area contributed by atoms with Crippen LogP contribution in [0.25, 0.3) is 0 Å². The molecule has 0 spiro atoms. The molecule has 0 aromatic rings. The fraction of sp³-hybridized carbons (Fsp3) is 1.00. The maximum atomic E-state index is 5.44. The van der Waals surface area contributed by atoms with Crippen molar-refractivity contribution in [1.82, 2.24) is 5.32 Å². The first-order valence-corrected chi connectivity index (χ1v) is 5.49. The summed E-state index contributed by atoms with van der Waals surface area (Å²) in [6, 6.07) is 0. The first kappa shape index (κ1) is 13.9. The molecule has 0 aromatic carbocycles. The Morgan fingerprint density at radius 3 is 2.50 bits per heavy atom. The fourth-order valence-electron chi connectivity index (χ4n) is 1.22. The van der Waals surface area contributed by atoms with Gasteiger partial charge in [-0.05, 0) is 18.8 Å². The van der Waals surface area contributed by atoms with Crippen molar-refractivity contribution >= 4 is 0 Å². The summed E-state index contributed by atoms with van der Waals surface area (Å²) >= 11 is 0. The highest BCUT2D eigenvalue weighted by Gasteiger charge is 2.12. The Morgan fingerprint density at radius 2 is 2.00 bits per heavy atom. The summed E-state index contributed by atoms with van der Waals surface area (Å²) in [6.07, 6.45) is 0. The van der Waals surface area contributed by atoms with Gasteiger partial charge in [0.25, 0.3) is 0 Å². The summed E-state index contributed by atoms with van der Waals surface area (Å²) in [5.74, 6) is 1.27. The molecule has 0 amide bonds. The molecule has 1 atom stereocenters. The maximum Gasteiger partial charge on any atom is 0.0587 e. The molecule has 14 heavy (non-hydrogen) atoms. The SMILES string of the molecule is CCOCC(CNCCOC)C(C)C. The summed E-state index contributed by atoms with van der Waals surface area (Å²) in [4.78, 5) is 0. The molecule has 0 saturated carbocycles. The van der Waals surface area contributed by atoms with Gasteiger partial charge in [-0.15, -0.1) is 0 Å². The Balaban J connectivity index is 3.52. The highest BCUT2D eigenvalue weighted by Crippen LogP contribution is 2.09. The Kier molecular flexibility index (Phi) is 9.35. The predicted molar refractivity (Wildman–Crippen MR) is 59.6 cm³/mol. The van der Waals surface area contributed by atoms with Crippen molar-refractivity contribution in [2.24, 2.45) is 11.8 Å². The number of hydrogen-bond acceptors (Lipinski definition) is 3. The van der Waals surface area contributed by atoms with Crippen molar-refractivity contribution in [3.8, 4) is 0 Å². The lowest BCUT2D eigenvalue weighted by molar-refractivity contribution is 0.0907. The van der Waals surface area contributed by atoms with Crippen LogP contribution in [0.5, 0.6) is 0 Å². The van der Waals surface area contributed by atoms with Crippen molar-refractivity contribution in [3.63, 3.8) is 0 Å². The summed E-state index contributed by atoms with van der Waals surface area (Å²) in [6.45, 7) is 10.9. The molecular weight excluding hydrogens is 178 g/mol. The van der Waals surface area contributed by atoms with Crippen LogP contribution in [0.3, 0.4) is 0 Å². The van der Waals surface area contributed by atoms with Gasteiger partial charge in [0.2, 0.25) is 0 Å². The molecule has 0 heterocycles. The van der Waals surface area contributed by atoms with Crippen LogP contribution in [-0.4, -0.2) is 40.0 Å². The molecule has 0 saturated heterocycles. The molecule has 0 aliphatic carbocycles. The Morgan fingerprint density at radius 1 is 1.29 bits per heavy atom. The van der Waals surface area contributed by atoms with Crippen LogP contribution in [0.15, 0.2) is 0 Å². The van der Waals surface area contributed by atoms with Crippen LogP contribution in [0, 0.1) is 11.8 Å². The molecule has 0 bridgehead atoms.